The number of fused-ring (bicyclic) bond motifs is 1. The Morgan fingerprint density at radius 3 is 2.96 bits per heavy atom. The largest absolute Gasteiger partial charge is 0.381 e. The second-order valence-electron chi connectivity index (χ2n) is 7.17. The van der Waals surface area contributed by atoms with Gasteiger partial charge in [-0.1, -0.05) is 36.4 Å². The third-order valence-electron chi connectivity index (χ3n) is 5.85. The van der Waals surface area contributed by atoms with Gasteiger partial charge in [0.2, 0.25) is 12.2 Å². The summed E-state index contributed by atoms with van der Waals surface area (Å²) in [5.41, 5.74) is 8.45. The minimum atomic E-state index is 0.00362. The molecule has 0 spiro atoms. The Bertz CT molecular complexity index is 842. The molecular weight excluding hydrogens is 296 g/mol. The Balaban J connectivity index is 1.56. The van der Waals surface area contributed by atoms with Crippen molar-refractivity contribution in [3.8, 4) is 0 Å². The number of nitrogens with one attached hydrogen (secondary N) is 1. The van der Waals surface area contributed by atoms with Crippen LogP contribution in [0.5, 0.6) is 0 Å². The predicted molar refractivity (Wildman–Crippen MR) is 94.2 cm³/mol. The Labute approximate surface area is 142 Å². The van der Waals surface area contributed by atoms with Crippen LogP contribution >= 0.6 is 0 Å². The fraction of sp³-hybridized carbons (Fsp3) is 0.333. The molecule has 0 bridgehead atoms. The van der Waals surface area contributed by atoms with Gasteiger partial charge in [0.1, 0.15) is 0 Å². The average Bonchev–Trinajstić information content (AvgIpc) is 3.03. The summed E-state index contributed by atoms with van der Waals surface area (Å²) < 4.78 is 1.19. The maximum atomic E-state index is 12.6. The molecule has 0 saturated carbocycles. The molecule has 2 unspecified atom stereocenters. The molecule has 0 aromatic heterocycles. The van der Waals surface area contributed by atoms with Gasteiger partial charge in [0, 0.05) is 40.0 Å². The fourth-order valence-electron chi connectivity index (χ4n) is 4.76. The normalized spacial score (nSPS) is 27.7. The van der Waals surface area contributed by atoms with Gasteiger partial charge in [-0.15, -0.1) is 0 Å². The first-order valence-corrected chi connectivity index (χ1v) is 8.88. The highest BCUT2D eigenvalue weighted by molar-refractivity contribution is 5.61. The van der Waals surface area contributed by atoms with E-state index in [1.54, 1.807) is 6.20 Å². The highest BCUT2D eigenvalue weighted by atomic mass is 16.3. The van der Waals surface area contributed by atoms with Crippen molar-refractivity contribution in [2.75, 3.05) is 6.54 Å². The maximum absolute atomic E-state index is 12.6. The molecule has 1 N–H and O–H groups in total. The lowest BCUT2D eigenvalue weighted by Crippen LogP contribution is -2.37. The van der Waals surface area contributed by atoms with Crippen molar-refractivity contribution in [1.29, 1.82) is 0 Å². The van der Waals surface area contributed by atoms with E-state index in [0.29, 0.717) is 5.92 Å². The number of rotatable bonds is 2. The van der Waals surface area contributed by atoms with E-state index >= 15 is 0 Å². The Kier molecular flexibility index (Phi) is 3.09. The van der Waals surface area contributed by atoms with Crippen molar-refractivity contribution in [2.45, 2.75) is 31.7 Å². The first kappa shape index (κ1) is 14.0. The summed E-state index contributed by atoms with van der Waals surface area (Å²) in [7, 11) is 0. The van der Waals surface area contributed by atoms with Crippen molar-refractivity contribution in [2.24, 2.45) is 5.92 Å². The SMILES string of the molecule is O=[N+]1C=CC2=C3CCC=C4NCC(=C43)CC2C1Cc1ccccc1. The molecule has 0 amide bonds. The lowest BCUT2D eigenvalue weighted by molar-refractivity contribution is -0.532. The summed E-state index contributed by atoms with van der Waals surface area (Å²) in [6.45, 7) is 0.953. The van der Waals surface area contributed by atoms with Gasteiger partial charge in [-0.25, -0.2) is 0 Å². The summed E-state index contributed by atoms with van der Waals surface area (Å²) in [5, 5.41) is 3.55. The van der Waals surface area contributed by atoms with Gasteiger partial charge in [-0.3, -0.25) is 0 Å². The van der Waals surface area contributed by atoms with Crippen LogP contribution in [-0.2, 0) is 6.42 Å². The molecule has 3 heteroatoms. The molecule has 1 aromatic carbocycles. The van der Waals surface area contributed by atoms with Crippen LogP contribution in [0.25, 0.3) is 0 Å². The quantitative estimate of drug-likeness (QED) is 0.842. The molecule has 4 aliphatic rings. The Morgan fingerprint density at radius 2 is 2.08 bits per heavy atom. The fourth-order valence-corrected chi connectivity index (χ4v) is 4.76. The molecule has 1 aromatic rings. The molecule has 3 nitrogen and oxygen atoms in total. The summed E-state index contributed by atoms with van der Waals surface area (Å²) in [4.78, 5) is 12.6. The van der Waals surface area contributed by atoms with Crippen molar-refractivity contribution in [3.63, 3.8) is 0 Å². The number of benzene rings is 1. The average molecular weight is 317 g/mol. The van der Waals surface area contributed by atoms with Crippen molar-refractivity contribution < 1.29 is 4.76 Å². The molecule has 24 heavy (non-hydrogen) atoms. The Hall–Kier alpha value is -2.42. The summed E-state index contributed by atoms with van der Waals surface area (Å²) >= 11 is 0. The molecule has 0 radical (unpaired) electrons. The van der Waals surface area contributed by atoms with Gasteiger partial charge < -0.3 is 5.32 Å². The van der Waals surface area contributed by atoms with Crippen LogP contribution in [0.4, 0.5) is 0 Å². The van der Waals surface area contributed by atoms with E-state index in [1.165, 1.54) is 38.3 Å². The second kappa shape index (κ2) is 5.30. The zero-order valence-corrected chi connectivity index (χ0v) is 13.7. The van der Waals surface area contributed by atoms with Crippen molar-refractivity contribution in [1.82, 2.24) is 5.32 Å². The molecule has 2 aliphatic heterocycles. The summed E-state index contributed by atoms with van der Waals surface area (Å²) in [6, 6.07) is 10.4. The first-order valence-electron chi connectivity index (χ1n) is 8.88. The summed E-state index contributed by atoms with van der Waals surface area (Å²) in [6.07, 6.45) is 10.2. The maximum Gasteiger partial charge on any atom is 0.221 e. The highest BCUT2D eigenvalue weighted by Crippen LogP contribution is 2.47. The molecular formula is C21H21N2O+. The predicted octanol–water partition coefficient (Wildman–Crippen LogP) is 3.80. The van der Waals surface area contributed by atoms with E-state index in [9.17, 15) is 4.91 Å². The minimum Gasteiger partial charge on any atom is -0.381 e. The van der Waals surface area contributed by atoms with Crippen molar-refractivity contribution in [3.05, 3.63) is 87.1 Å². The lowest BCUT2D eigenvalue weighted by Gasteiger charge is -2.32. The van der Waals surface area contributed by atoms with Crippen LogP contribution in [0.15, 0.2) is 76.7 Å². The van der Waals surface area contributed by atoms with E-state index < -0.39 is 0 Å². The molecule has 5 rings (SSSR count). The molecule has 2 heterocycles. The van der Waals surface area contributed by atoms with Gasteiger partial charge in [0.05, 0.1) is 5.92 Å². The van der Waals surface area contributed by atoms with E-state index in [4.69, 9.17) is 0 Å². The van der Waals surface area contributed by atoms with E-state index in [1.807, 2.05) is 6.07 Å². The zero-order valence-electron chi connectivity index (χ0n) is 13.7. The standard InChI is InChI=1S/C21H21N2O/c24-23-10-9-16-17-7-4-8-19-21(17)15(13-22-19)12-18(16)20(23)11-14-5-2-1-3-6-14/h1-3,5-6,8-10,18,20,22H,4,7,11-13H2/q+1. The van der Waals surface area contributed by atoms with E-state index in [-0.39, 0.29) is 6.04 Å². The summed E-state index contributed by atoms with van der Waals surface area (Å²) in [5.74, 6) is 0.320. The number of allylic oxidation sites excluding steroid dienone is 3. The van der Waals surface area contributed by atoms with Crippen molar-refractivity contribution >= 4 is 0 Å². The van der Waals surface area contributed by atoms with Crippen LogP contribution in [0.3, 0.4) is 0 Å². The topological polar surface area (TPSA) is 32.1 Å². The minimum absolute atomic E-state index is 0.00362. The van der Waals surface area contributed by atoms with Crippen LogP contribution in [0.2, 0.25) is 0 Å². The highest BCUT2D eigenvalue weighted by Gasteiger charge is 2.44. The number of hydrogen-bond acceptors (Lipinski definition) is 2. The molecule has 2 aliphatic carbocycles. The lowest BCUT2D eigenvalue weighted by atomic mass is 9.71. The smallest absolute Gasteiger partial charge is 0.221 e. The third kappa shape index (κ3) is 2.04. The van der Waals surface area contributed by atoms with Gasteiger partial charge in [0.15, 0.2) is 0 Å². The van der Waals surface area contributed by atoms with Crippen LogP contribution in [-0.4, -0.2) is 17.3 Å². The van der Waals surface area contributed by atoms with Crippen LogP contribution in [0, 0.1) is 10.8 Å². The van der Waals surface area contributed by atoms with Crippen LogP contribution in [0.1, 0.15) is 24.8 Å². The monoisotopic (exact) mass is 317 g/mol. The number of nitrogens with zero attached hydrogens (tertiary/aromatic N) is 1. The molecule has 120 valence electrons. The molecule has 0 saturated heterocycles. The molecule has 2 atom stereocenters. The van der Waals surface area contributed by atoms with Gasteiger partial charge in [-0.05, 0) is 41.5 Å². The second-order valence-corrected chi connectivity index (χ2v) is 7.17. The third-order valence-corrected chi connectivity index (χ3v) is 5.85. The number of nitroso groups, excluding NO2 is 1. The zero-order chi connectivity index (χ0) is 16.1. The first-order chi connectivity index (χ1) is 11.8. The molecule has 0 fully saturated rings. The Morgan fingerprint density at radius 1 is 1.21 bits per heavy atom. The van der Waals surface area contributed by atoms with E-state index in [2.05, 4.69) is 41.7 Å². The number of hydrogen-bond donors (Lipinski definition) is 1. The van der Waals surface area contributed by atoms with E-state index in [0.717, 1.165) is 32.2 Å². The van der Waals surface area contributed by atoms with Gasteiger partial charge in [0.25, 0.3) is 0 Å². The van der Waals surface area contributed by atoms with Gasteiger partial charge in [-0.2, -0.15) is 0 Å². The van der Waals surface area contributed by atoms with Gasteiger partial charge >= 0.3 is 0 Å². The van der Waals surface area contributed by atoms with Crippen LogP contribution < -0.4 is 5.32 Å².